The molecular weight excluding hydrogens is 372 g/mol. The highest BCUT2D eigenvalue weighted by atomic mass is 16.2. The largest absolute Gasteiger partial charge is 0.298 e. The zero-order valence-electron chi connectivity index (χ0n) is 17.9. The van der Waals surface area contributed by atoms with Crippen LogP contribution in [0.25, 0.3) is 32.3 Å². The normalized spacial score (nSPS) is 19.0. The second-order valence-electron chi connectivity index (χ2n) is 9.86. The Kier molecular flexibility index (Phi) is 3.97. The average Bonchev–Trinajstić information content (AvgIpc) is 2.69. The van der Waals surface area contributed by atoms with Crippen molar-refractivity contribution in [2.45, 2.75) is 27.7 Å². The lowest BCUT2D eigenvalue weighted by molar-refractivity contribution is -0.145. The molecule has 0 atom stereocenters. The number of carbonyl (C=O) groups excluding carboxylic acids is 2. The van der Waals surface area contributed by atoms with Crippen molar-refractivity contribution < 1.29 is 9.59 Å². The molecule has 0 aromatic heterocycles. The van der Waals surface area contributed by atoms with E-state index in [0.717, 1.165) is 16.2 Å². The van der Waals surface area contributed by atoms with Gasteiger partial charge in [0, 0.05) is 29.5 Å². The standard InChI is InChI=1S/C26H26N2O2/c1-25(2)14-28(15-26(3,4)24(25)30)27-23(29)20-13-11-18-9-8-16-6-5-7-17-10-12-19(20)22(18)21(16)17/h5-13H,14-15H2,1-4H3,(H,27,29). The maximum atomic E-state index is 13.3. The van der Waals surface area contributed by atoms with Gasteiger partial charge in [0.05, 0.1) is 0 Å². The molecule has 0 bridgehead atoms. The molecule has 5 rings (SSSR count). The fourth-order valence-electron chi connectivity index (χ4n) is 5.29. The summed E-state index contributed by atoms with van der Waals surface area (Å²) < 4.78 is 0. The number of benzene rings is 4. The monoisotopic (exact) mass is 398 g/mol. The third kappa shape index (κ3) is 2.78. The minimum Gasteiger partial charge on any atom is -0.298 e. The molecule has 1 N–H and O–H groups in total. The Labute approximate surface area is 176 Å². The predicted octanol–water partition coefficient (Wildman–Crippen LogP) is 5.17. The third-order valence-electron chi connectivity index (χ3n) is 6.43. The number of nitrogens with one attached hydrogen (secondary N) is 1. The summed E-state index contributed by atoms with van der Waals surface area (Å²) in [5, 5.41) is 8.70. The summed E-state index contributed by atoms with van der Waals surface area (Å²) in [6.07, 6.45) is 0. The fraction of sp³-hybridized carbons (Fsp3) is 0.308. The van der Waals surface area contributed by atoms with Gasteiger partial charge >= 0.3 is 0 Å². The lowest BCUT2D eigenvalue weighted by Gasteiger charge is -2.45. The van der Waals surface area contributed by atoms with Crippen LogP contribution in [0.4, 0.5) is 0 Å². The van der Waals surface area contributed by atoms with Crippen LogP contribution in [0.2, 0.25) is 0 Å². The van der Waals surface area contributed by atoms with Gasteiger partial charge in [-0.1, -0.05) is 76.2 Å². The van der Waals surface area contributed by atoms with Crippen LogP contribution >= 0.6 is 0 Å². The first-order valence-electron chi connectivity index (χ1n) is 10.4. The van der Waals surface area contributed by atoms with Crippen molar-refractivity contribution >= 4 is 44.0 Å². The van der Waals surface area contributed by atoms with Gasteiger partial charge in [0.15, 0.2) is 0 Å². The number of rotatable bonds is 2. The smallest absolute Gasteiger partial charge is 0.266 e. The topological polar surface area (TPSA) is 49.4 Å². The van der Waals surface area contributed by atoms with Crippen molar-refractivity contribution in [2.24, 2.45) is 10.8 Å². The van der Waals surface area contributed by atoms with Gasteiger partial charge in [-0.15, -0.1) is 0 Å². The van der Waals surface area contributed by atoms with Crippen molar-refractivity contribution in [3.8, 4) is 0 Å². The van der Waals surface area contributed by atoms with Gasteiger partial charge in [-0.2, -0.15) is 0 Å². The van der Waals surface area contributed by atoms with E-state index in [1.807, 2.05) is 50.9 Å². The molecule has 1 fully saturated rings. The van der Waals surface area contributed by atoms with E-state index in [2.05, 4.69) is 41.8 Å². The molecule has 0 saturated carbocycles. The molecule has 30 heavy (non-hydrogen) atoms. The summed E-state index contributed by atoms with van der Waals surface area (Å²) >= 11 is 0. The molecule has 0 unspecified atom stereocenters. The summed E-state index contributed by atoms with van der Waals surface area (Å²) in [5.74, 6) is 0.108. The minimum atomic E-state index is -0.502. The Morgan fingerprint density at radius 1 is 0.800 bits per heavy atom. The summed E-state index contributed by atoms with van der Waals surface area (Å²) in [6.45, 7) is 8.81. The van der Waals surface area contributed by atoms with Crippen molar-refractivity contribution in [3.63, 3.8) is 0 Å². The van der Waals surface area contributed by atoms with Crippen molar-refractivity contribution in [2.75, 3.05) is 13.1 Å². The molecule has 1 aliphatic heterocycles. The van der Waals surface area contributed by atoms with E-state index in [9.17, 15) is 9.59 Å². The lowest BCUT2D eigenvalue weighted by Crippen LogP contribution is -2.60. The molecule has 0 aliphatic carbocycles. The van der Waals surface area contributed by atoms with E-state index >= 15 is 0 Å². The maximum absolute atomic E-state index is 13.3. The number of ketones is 1. The van der Waals surface area contributed by atoms with E-state index in [0.29, 0.717) is 18.7 Å². The van der Waals surface area contributed by atoms with Gasteiger partial charge in [0.2, 0.25) is 0 Å². The third-order valence-corrected chi connectivity index (χ3v) is 6.43. The van der Waals surface area contributed by atoms with Crippen LogP contribution in [0.3, 0.4) is 0 Å². The number of amides is 1. The van der Waals surface area contributed by atoms with Crippen molar-refractivity contribution in [1.82, 2.24) is 10.4 Å². The highest BCUT2D eigenvalue weighted by Gasteiger charge is 2.46. The predicted molar refractivity (Wildman–Crippen MR) is 122 cm³/mol. The summed E-state index contributed by atoms with van der Waals surface area (Å²) in [5.41, 5.74) is 2.74. The molecule has 4 heteroatoms. The molecule has 4 aromatic rings. The van der Waals surface area contributed by atoms with E-state index in [-0.39, 0.29) is 11.7 Å². The Balaban J connectivity index is 1.56. The number of carbonyl (C=O) groups is 2. The van der Waals surface area contributed by atoms with Crippen molar-refractivity contribution in [3.05, 3.63) is 60.2 Å². The molecular formula is C26H26N2O2. The Bertz CT molecular complexity index is 1280. The second kappa shape index (κ2) is 6.26. The first-order chi connectivity index (χ1) is 14.2. The zero-order valence-corrected chi connectivity index (χ0v) is 17.9. The van der Waals surface area contributed by atoms with E-state index in [4.69, 9.17) is 0 Å². The first-order valence-corrected chi connectivity index (χ1v) is 10.4. The number of Topliss-reactive ketones (excluding diaryl/α,β-unsaturated/α-hetero) is 1. The van der Waals surface area contributed by atoms with Crippen LogP contribution in [0.1, 0.15) is 38.1 Å². The molecule has 152 valence electrons. The summed E-state index contributed by atoms with van der Waals surface area (Å²) in [7, 11) is 0. The summed E-state index contributed by atoms with van der Waals surface area (Å²) in [6, 6.07) is 18.6. The van der Waals surface area contributed by atoms with Gasteiger partial charge in [-0.3, -0.25) is 15.0 Å². The molecule has 0 spiro atoms. The highest BCUT2D eigenvalue weighted by Crippen LogP contribution is 2.37. The minimum absolute atomic E-state index is 0.131. The average molecular weight is 399 g/mol. The lowest BCUT2D eigenvalue weighted by atomic mass is 9.70. The van der Waals surface area contributed by atoms with Gasteiger partial charge in [-0.05, 0) is 38.4 Å². The molecule has 1 heterocycles. The first kappa shape index (κ1) is 19.0. The Morgan fingerprint density at radius 2 is 1.33 bits per heavy atom. The summed E-state index contributed by atoms with van der Waals surface area (Å²) in [4.78, 5) is 26.0. The molecule has 4 aromatic carbocycles. The van der Waals surface area contributed by atoms with Crippen LogP contribution in [0.15, 0.2) is 54.6 Å². The van der Waals surface area contributed by atoms with E-state index in [1.165, 1.54) is 16.2 Å². The van der Waals surface area contributed by atoms with Crippen LogP contribution in [-0.4, -0.2) is 29.8 Å². The van der Waals surface area contributed by atoms with Crippen LogP contribution < -0.4 is 5.43 Å². The maximum Gasteiger partial charge on any atom is 0.266 e. The van der Waals surface area contributed by atoms with Gasteiger partial charge < -0.3 is 0 Å². The van der Waals surface area contributed by atoms with Crippen LogP contribution in [0.5, 0.6) is 0 Å². The Hall–Kier alpha value is -2.98. The molecule has 4 nitrogen and oxygen atoms in total. The molecule has 0 radical (unpaired) electrons. The van der Waals surface area contributed by atoms with E-state index in [1.54, 1.807) is 0 Å². The van der Waals surface area contributed by atoms with Gasteiger partial charge in [0.1, 0.15) is 5.78 Å². The number of hydrogen-bond acceptors (Lipinski definition) is 3. The molecule has 1 saturated heterocycles. The Morgan fingerprint density at radius 3 is 1.97 bits per heavy atom. The zero-order chi connectivity index (χ0) is 21.3. The van der Waals surface area contributed by atoms with Gasteiger partial charge in [0.25, 0.3) is 5.91 Å². The number of nitrogens with zero attached hydrogens (tertiary/aromatic N) is 1. The SMILES string of the molecule is CC1(C)CN(NC(=O)c2ccc3ccc4cccc5ccc2c3c45)CC(C)(C)C1=O. The number of hydrazine groups is 1. The second-order valence-corrected chi connectivity index (χ2v) is 9.86. The quantitative estimate of drug-likeness (QED) is 0.474. The van der Waals surface area contributed by atoms with Crippen molar-refractivity contribution in [1.29, 1.82) is 0 Å². The number of piperidine rings is 1. The number of hydrogen-bond donors (Lipinski definition) is 1. The van der Waals surface area contributed by atoms with Crippen LogP contribution in [-0.2, 0) is 4.79 Å². The molecule has 1 aliphatic rings. The fourth-order valence-corrected chi connectivity index (χ4v) is 5.29. The van der Waals surface area contributed by atoms with Gasteiger partial charge in [-0.25, -0.2) is 5.01 Å². The highest BCUT2D eigenvalue weighted by molar-refractivity contribution is 6.26. The van der Waals surface area contributed by atoms with Crippen LogP contribution in [0, 0.1) is 10.8 Å². The molecule has 1 amide bonds. The van der Waals surface area contributed by atoms with E-state index < -0.39 is 10.8 Å².